The number of nitrogens with one attached hydrogen (secondary N) is 2. The fourth-order valence-electron chi connectivity index (χ4n) is 5.62. The third-order valence-electron chi connectivity index (χ3n) is 7.85. The maximum Gasteiger partial charge on any atom is 0.416 e. The van der Waals surface area contributed by atoms with Gasteiger partial charge in [-0.1, -0.05) is 12.5 Å². The molecule has 2 aromatic rings. The van der Waals surface area contributed by atoms with E-state index >= 15 is 0 Å². The average molecular weight is 548 g/mol. The molecule has 1 aliphatic heterocycles. The van der Waals surface area contributed by atoms with Gasteiger partial charge in [0, 0.05) is 36.9 Å². The molecule has 8 nitrogen and oxygen atoms in total. The lowest BCUT2D eigenvalue weighted by atomic mass is 9.78. The molecule has 11 heteroatoms. The molecule has 0 bridgehead atoms. The van der Waals surface area contributed by atoms with E-state index in [0.29, 0.717) is 12.6 Å². The van der Waals surface area contributed by atoms with Crippen LogP contribution in [0.15, 0.2) is 42.7 Å². The summed E-state index contributed by atoms with van der Waals surface area (Å²) in [6, 6.07) is 6.40. The Bertz CT molecular complexity index is 1110. The van der Waals surface area contributed by atoms with E-state index in [0.717, 1.165) is 82.0 Å². The lowest BCUT2D eigenvalue weighted by molar-refractivity contribution is -0.137. The molecule has 1 atom stereocenters. The number of benzene rings is 1. The van der Waals surface area contributed by atoms with Gasteiger partial charge in [-0.2, -0.15) is 23.4 Å². The summed E-state index contributed by atoms with van der Waals surface area (Å²) < 4.78 is 38.6. The molecule has 2 aliphatic rings. The molecule has 1 saturated heterocycles. The van der Waals surface area contributed by atoms with E-state index in [1.165, 1.54) is 12.1 Å². The van der Waals surface area contributed by atoms with Crippen LogP contribution in [-0.4, -0.2) is 69.3 Å². The number of rotatable bonds is 10. The smallest absolute Gasteiger partial charge is 0.390 e. The topological polar surface area (TPSA) is 107 Å². The summed E-state index contributed by atoms with van der Waals surface area (Å²) >= 11 is 0. The fourth-order valence-corrected chi connectivity index (χ4v) is 5.62. The van der Waals surface area contributed by atoms with Crippen molar-refractivity contribution in [2.24, 2.45) is 0 Å². The van der Waals surface area contributed by atoms with Crippen LogP contribution in [0.3, 0.4) is 0 Å². The highest BCUT2D eigenvalue weighted by Crippen LogP contribution is 2.35. The molecule has 3 N–H and O–H groups in total. The summed E-state index contributed by atoms with van der Waals surface area (Å²) in [5, 5.41) is 24.1. The van der Waals surface area contributed by atoms with Crippen molar-refractivity contribution in [3.8, 4) is 0 Å². The van der Waals surface area contributed by atoms with Crippen LogP contribution in [0.2, 0.25) is 0 Å². The summed E-state index contributed by atoms with van der Waals surface area (Å²) in [7, 11) is 0. The van der Waals surface area contributed by atoms with Crippen LogP contribution in [0.1, 0.15) is 72.9 Å². The monoisotopic (exact) mass is 547 g/mol. The third-order valence-corrected chi connectivity index (χ3v) is 7.85. The Hall–Kier alpha value is -3.05. The maximum atomic E-state index is 12.9. The number of nitrogens with zero attached hydrogens (tertiary/aromatic N) is 3. The molecular formula is C28H36F3N5O3. The van der Waals surface area contributed by atoms with Crippen molar-refractivity contribution < 1.29 is 27.9 Å². The molecule has 212 valence electrons. The van der Waals surface area contributed by atoms with Crippen LogP contribution in [-0.2, 0) is 17.4 Å². The molecule has 2 heterocycles. The van der Waals surface area contributed by atoms with Gasteiger partial charge >= 0.3 is 6.18 Å². The number of halogens is 3. The highest BCUT2D eigenvalue weighted by Gasteiger charge is 2.37. The van der Waals surface area contributed by atoms with E-state index in [4.69, 9.17) is 0 Å². The molecule has 0 radical (unpaired) electrons. The van der Waals surface area contributed by atoms with Gasteiger partial charge < -0.3 is 15.7 Å². The Morgan fingerprint density at radius 3 is 2.62 bits per heavy atom. The van der Waals surface area contributed by atoms with E-state index in [-0.39, 0.29) is 24.1 Å². The zero-order valence-corrected chi connectivity index (χ0v) is 21.9. The van der Waals surface area contributed by atoms with Gasteiger partial charge in [-0.3, -0.25) is 14.5 Å². The van der Waals surface area contributed by atoms with Gasteiger partial charge in [-0.15, -0.1) is 0 Å². The first-order valence-electron chi connectivity index (χ1n) is 13.6. The second-order valence-electron chi connectivity index (χ2n) is 10.7. The van der Waals surface area contributed by atoms with E-state index in [1.807, 2.05) is 6.07 Å². The summed E-state index contributed by atoms with van der Waals surface area (Å²) in [5.74, 6) is -1.10. The van der Waals surface area contributed by atoms with Gasteiger partial charge in [0.2, 0.25) is 5.91 Å². The second-order valence-corrected chi connectivity index (χ2v) is 10.7. The zero-order valence-electron chi connectivity index (χ0n) is 21.9. The van der Waals surface area contributed by atoms with Gasteiger partial charge in [0.15, 0.2) is 0 Å². The van der Waals surface area contributed by atoms with Crippen molar-refractivity contribution in [3.63, 3.8) is 0 Å². The number of hydrogen-bond acceptors (Lipinski definition) is 6. The molecule has 39 heavy (non-hydrogen) atoms. The van der Waals surface area contributed by atoms with Crippen LogP contribution in [0.5, 0.6) is 0 Å². The molecule has 2 fully saturated rings. The van der Waals surface area contributed by atoms with Gasteiger partial charge in [0.05, 0.1) is 23.9 Å². The number of alkyl halides is 3. The summed E-state index contributed by atoms with van der Waals surface area (Å²) in [6.45, 7) is 1.25. The van der Waals surface area contributed by atoms with E-state index < -0.39 is 23.2 Å². The van der Waals surface area contributed by atoms with Crippen molar-refractivity contribution >= 4 is 11.8 Å². The Morgan fingerprint density at radius 2 is 1.90 bits per heavy atom. The van der Waals surface area contributed by atoms with Crippen LogP contribution < -0.4 is 10.6 Å². The van der Waals surface area contributed by atoms with E-state index in [9.17, 15) is 27.9 Å². The lowest BCUT2D eigenvalue weighted by Crippen LogP contribution is -2.46. The zero-order chi connectivity index (χ0) is 27.9. The summed E-state index contributed by atoms with van der Waals surface area (Å²) in [6.07, 6.45) is 6.79. The molecule has 1 aliphatic carbocycles. The highest BCUT2D eigenvalue weighted by atomic mass is 19.4. The largest absolute Gasteiger partial charge is 0.416 e. The Labute approximate surface area is 226 Å². The molecule has 2 amide bonds. The van der Waals surface area contributed by atoms with E-state index in [1.54, 1.807) is 12.4 Å². The minimum Gasteiger partial charge on any atom is -0.390 e. The third kappa shape index (κ3) is 8.47. The van der Waals surface area contributed by atoms with Crippen LogP contribution >= 0.6 is 0 Å². The first-order valence-corrected chi connectivity index (χ1v) is 13.6. The van der Waals surface area contributed by atoms with Crippen molar-refractivity contribution in [2.75, 3.05) is 19.6 Å². The lowest BCUT2D eigenvalue weighted by Gasteiger charge is -2.39. The van der Waals surface area contributed by atoms with Crippen LogP contribution in [0.4, 0.5) is 13.2 Å². The number of amides is 2. The molecule has 0 unspecified atom stereocenters. The summed E-state index contributed by atoms with van der Waals surface area (Å²) in [5.41, 5.74) is -0.508. The number of aromatic nitrogens is 2. The van der Waals surface area contributed by atoms with Gasteiger partial charge in [-0.25, -0.2) is 0 Å². The molecule has 1 aromatic heterocycles. The number of likely N-dealkylation sites (tertiary alicyclic amines) is 1. The molecule has 1 saturated carbocycles. The average Bonchev–Trinajstić information content (AvgIpc) is 3.38. The Kier molecular flexibility index (Phi) is 9.55. The number of carbonyl (C=O) groups excluding carboxylic acids is 2. The predicted octanol–water partition coefficient (Wildman–Crippen LogP) is 3.50. The van der Waals surface area contributed by atoms with E-state index in [2.05, 4.69) is 25.7 Å². The van der Waals surface area contributed by atoms with Crippen molar-refractivity contribution in [3.05, 3.63) is 59.4 Å². The van der Waals surface area contributed by atoms with Crippen molar-refractivity contribution in [1.82, 2.24) is 25.7 Å². The molecule has 4 rings (SSSR count). The number of aryl methyl sites for hydroxylation is 1. The normalized spacial score (nSPS) is 23.9. The first-order chi connectivity index (χ1) is 18.6. The van der Waals surface area contributed by atoms with Crippen molar-refractivity contribution in [2.45, 2.75) is 81.6 Å². The maximum absolute atomic E-state index is 12.9. The number of carbonyl (C=O) groups is 2. The Morgan fingerprint density at radius 1 is 1.10 bits per heavy atom. The van der Waals surface area contributed by atoms with Crippen molar-refractivity contribution in [1.29, 1.82) is 0 Å². The molecule has 0 spiro atoms. The number of unbranched alkanes of at least 4 members (excludes halogenated alkanes) is 1. The molecular weight excluding hydrogens is 511 g/mol. The van der Waals surface area contributed by atoms with Crippen LogP contribution in [0, 0.1) is 0 Å². The van der Waals surface area contributed by atoms with Gasteiger partial charge in [0.1, 0.15) is 0 Å². The molecule has 1 aromatic carbocycles. The fraction of sp³-hybridized carbons (Fsp3) is 0.571. The summed E-state index contributed by atoms with van der Waals surface area (Å²) in [4.78, 5) is 27.0. The Balaban J connectivity index is 1.13. The van der Waals surface area contributed by atoms with Gasteiger partial charge in [-0.05, 0) is 81.2 Å². The second kappa shape index (κ2) is 12.9. The minimum atomic E-state index is -4.54. The highest BCUT2D eigenvalue weighted by molar-refractivity contribution is 5.96. The first kappa shape index (κ1) is 28.9. The van der Waals surface area contributed by atoms with Crippen LogP contribution in [0.25, 0.3) is 0 Å². The number of hydrogen-bond donors (Lipinski definition) is 3. The SMILES string of the molecule is O=C(CNC(=O)c1cccc(C(F)(F)F)c1)N[C@@H]1CCN(C2CCC(O)(CCCCc3ccnnc3)CC2)C1. The minimum absolute atomic E-state index is 0.0496. The quantitative estimate of drug-likeness (QED) is 0.393. The van der Waals surface area contributed by atoms with Gasteiger partial charge in [0.25, 0.3) is 5.91 Å². The standard InChI is InChI=1S/C28H36F3N5O3/c29-28(30,31)22-6-3-5-21(16-22)26(38)32-18-25(37)35-23-10-15-36(19-23)24-7-12-27(39,13-8-24)11-2-1-4-20-9-14-33-34-17-20/h3,5-6,9,14,16-17,23-24,39H,1-2,4,7-8,10-13,15,18-19H2,(H,32,38)(H,35,37)/t23-,24?,27?/m1/s1. The predicted molar refractivity (Wildman–Crippen MR) is 139 cm³/mol. The number of aliphatic hydroxyl groups is 1.